The van der Waals surface area contributed by atoms with Crippen LogP contribution in [0.4, 0.5) is 5.69 Å². The minimum Gasteiger partial charge on any atom is -0.313 e. The maximum atomic E-state index is 12.6. The van der Waals surface area contributed by atoms with Crippen molar-refractivity contribution in [3.05, 3.63) is 29.8 Å². The molecule has 19 heavy (non-hydrogen) atoms. The molecule has 0 spiro atoms. The Morgan fingerprint density at radius 3 is 2.89 bits per heavy atom. The Morgan fingerprint density at radius 1 is 1.47 bits per heavy atom. The summed E-state index contributed by atoms with van der Waals surface area (Å²) in [4.78, 5) is 14.5. The predicted molar refractivity (Wildman–Crippen MR) is 79.3 cm³/mol. The third-order valence-electron chi connectivity index (χ3n) is 4.00. The van der Waals surface area contributed by atoms with Gasteiger partial charge in [0.1, 0.15) is 0 Å². The number of anilines is 1. The van der Waals surface area contributed by atoms with E-state index >= 15 is 0 Å². The van der Waals surface area contributed by atoms with Gasteiger partial charge in [0.15, 0.2) is 0 Å². The van der Waals surface area contributed by atoms with E-state index in [9.17, 15) is 4.79 Å². The Balaban J connectivity index is 2.27. The number of carbonyl (C=O) groups excluding carboxylic acids is 1. The van der Waals surface area contributed by atoms with E-state index in [1.807, 2.05) is 31.0 Å². The highest BCUT2D eigenvalue weighted by atomic mass is 16.2. The van der Waals surface area contributed by atoms with Gasteiger partial charge in [-0.25, -0.2) is 0 Å². The van der Waals surface area contributed by atoms with Crippen LogP contribution in [0.25, 0.3) is 0 Å². The van der Waals surface area contributed by atoms with Crippen molar-refractivity contribution in [1.82, 2.24) is 5.32 Å². The summed E-state index contributed by atoms with van der Waals surface area (Å²) in [5.74, 6) is 0.382. The third kappa shape index (κ3) is 2.81. The van der Waals surface area contributed by atoms with Gasteiger partial charge in [0.05, 0.1) is 0 Å². The van der Waals surface area contributed by atoms with Crippen LogP contribution in [-0.4, -0.2) is 19.5 Å². The maximum absolute atomic E-state index is 12.6. The topological polar surface area (TPSA) is 32.3 Å². The molecule has 2 rings (SSSR count). The van der Waals surface area contributed by atoms with E-state index in [-0.39, 0.29) is 11.8 Å². The average Bonchev–Trinajstić information content (AvgIpc) is 2.45. The molecule has 0 radical (unpaired) electrons. The highest BCUT2D eigenvalue weighted by molar-refractivity contribution is 5.96. The molecule has 0 saturated heterocycles. The number of benzene rings is 1. The molecule has 1 N–H and O–H groups in total. The lowest BCUT2D eigenvalue weighted by atomic mass is 9.94. The van der Waals surface area contributed by atoms with Gasteiger partial charge < -0.3 is 10.2 Å². The summed E-state index contributed by atoms with van der Waals surface area (Å²) in [5.41, 5.74) is 2.33. The van der Waals surface area contributed by atoms with Gasteiger partial charge in [-0.15, -0.1) is 0 Å². The summed E-state index contributed by atoms with van der Waals surface area (Å²) < 4.78 is 0. The van der Waals surface area contributed by atoms with Crippen LogP contribution in [0.15, 0.2) is 24.3 Å². The van der Waals surface area contributed by atoms with Crippen LogP contribution in [0.2, 0.25) is 0 Å². The van der Waals surface area contributed by atoms with Gasteiger partial charge >= 0.3 is 0 Å². The first-order valence-corrected chi connectivity index (χ1v) is 7.26. The first kappa shape index (κ1) is 14.1. The van der Waals surface area contributed by atoms with Crippen LogP contribution in [0.1, 0.15) is 44.7 Å². The van der Waals surface area contributed by atoms with E-state index in [0.29, 0.717) is 6.04 Å². The SMILES string of the molecule is CCCC(C)C(=O)N1CCC(NC)c2ccccc21. The van der Waals surface area contributed by atoms with Gasteiger partial charge in [-0.05, 0) is 31.5 Å². The minimum absolute atomic E-state index is 0.115. The van der Waals surface area contributed by atoms with Crippen molar-refractivity contribution in [3.63, 3.8) is 0 Å². The molecule has 1 aliphatic rings. The molecule has 0 aliphatic carbocycles. The fraction of sp³-hybridized carbons (Fsp3) is 0.562. The average molecular weight is 260 g/mol. The number of hydrogen-bond donors (Lipinski definition) is 1. The molecule has 0 fully saturated rings. The summed E-state index contributed by atoms with van der Waals surface area (Å²) in [6, 6.07) is 8.62. The molecular weight excluding hydrogens is 236 g/mol. The number of amides is 1. The molecule has 1 aromatic carbocycles. The van der Waals surface area contributed by atoms with Crippen LogP contribution < -0.4 is 10.2 Å². The Hall–Kier alpha value is -1.35. The Kier molecular flexibility index (Phi) is 4.59. The van der Waals surface area contributed by atoms with Gasteiger partial charge in [0.2, 0.25) is 5.91 Å². The molecule has 1 amide bonds. The van der Waals surface area contributed by atoms with Gasteiger partial charge in [0.25, 0.3) is 0 Å². The molecule has 104 valence electrons. The third-order valence-corrected chi connectivity index (χ3v) is 4.00. The second-order valence-corrected chi connectivity index (χ2v) is 5.37. The molecule has 0 saturated carbocycles. The van der Waals surface area contributed by atoms with Gasteiger partial charge in [-0.1, -0.05) is 38.5 Å². The van der Waals surface area contributed by atoms with E-state index in [4.69, 9.17) is 0 Å². The molecule has 1 heterocycles. The quantitative estimate of drug-likeness (QED) is 0.902. The minimum atomic E-state index is 0.115. The Labute approximate surface area is 116 Å². The maximum Gasteiger partial charge on any atom is 0.229 e. The van der Waals surface area contributed by atoms with Gasteiger partial charge in [0, 0.05) is 24.2 Å². The normalized spacial score (nSPS) is 19.9. The first-order chi connectivity index (χ1) is 9.19. The molecular formula is C16H24N2O. The number of nitrogens with one attached hydrogen (secondary N) is 1. The number of para-hydroxylation sites is 1. The van der Waals surface area contributed by atoms with Crippen LogP contribution >= 0.6 is 0 Å². The highest BCUT2D eigenvalue weighted by Gasteiger charge is 2.29. The Morgan fingerprint density at radius 2 is 2.21 bits per heavy atom. The van der Waals surface area contributed by atoms with Crippen LogP contribution in [0.3, 0.4) is 0 Å². The molecule has 1 aliphatic heterocycles. The smallest absolute Gasteiger partial charge is 0.229 e. The zero-order valence-electron chi connectivity index (χ0n) is 12.1. The van der Waals surface area contributed by atoms with Crippen molar-refractivity contribution in [2.24, 2.45) is 5.92 Å². The number of carbonyl (C=O) groups is 1. The first-order valence-electron chi connectivity index (χ1n) is 7.26. The largest absolute Gasteiger partial charge is 0.313 e. The summed E-state index contributed by atoms with van der Waals surface area (Å²) >= 11 is 0. The highest BCUT2D eigenvalue weighted by Crippen LogP contribution is 2.34. The number of fused-ring (bicyclic) bond motifs is 1. The molecule has 1 aromatic rings. The molecule has 2 atom stereocenters. The summed E-state index contributed by atoms with van der Waals surface area (Å²) in [5, 5.41) is 3.34. The zero-order valence-corrected chi connectivity index (χ0v) is 12.1. The van der Waals surface area contributed by atoms with Crippen molar-refractivity contribution in [1.29, 1.82) is 0 Å². The molecule has 3 heteroatoms. The van der Waals surface area contributed by atoms with Crippen LogP contribution in [0.5, 0.6) is 0 Å². The molecule has 2 unspecified atom stereocenters. The van der Waals surface area contributed by atoms with Crippen molar-refractivity contribution >= 4 is 11.6 Å². The van der Waals surface area contributed by atoms with E-state index in [1.165, 1.54) is 5.56 Å². The summed E-state index contributed by atoms with van der Waals surface area (Å²) in [6.45, 7) is 4.99. The fourth-order valence-electron chi connectivity index (χ4n) is 2.91. The van der Waals surface area contributed by atoms with Crippen molar-refractivity contribution in [2.75, 3.05) is 18.5 Å². The number of rotatable bonds is 4. The van der Waals surface area contributed by atoms with Crippen LogP contribution in [0, 0.1) is 5.92 Å². The summed E-state index contributed by atoms with van der Waals surface area (Å²) in [6.07, 6.45) is 3.01. The van der Waals surface area contributed by atoms with E-state index in [2.05, 4.69) is 24.4 Å². The Bertz CT molecular complexity index is 444. The molecule has 0 aromatic heterocycles. The zero-order chi connectivity index (χ0) is 13.8. The van der Waals surface area contributed by atoms with Crippen LogP contribution in [-0.2, 0) is 4.79 Å². The monoisotopic (exact) mass is 260 g/mol. The predicted octanol–water partition coefficient (Wildman–Crippen LogP) is 3.12. The second-order valence-electron chi connectivity index (χ2n) is 5.37. The fourth-order valence-corrected chi connectivity index (χ4v) is 2.91. The standard InChI is InChI=1S/C16H24N2O/c1-4-7-12(2)16(19)18-11-10-14(17-3)13-8-5-6-9-15(13)18/h5-6,8-9,12,14,17H,4,7,10-11H2,1-3H3. The lowest BCUT2D eigenvalue weighted by Gasteiger charge is -2.35. The lowest BCUT2D eigenvalue weighted by Crippen LogP contribution is -2.41. The molecule has 3 nitrogen and oxygen atoms in total. The van der Waals surface area contributed by atoms with E-state index in [1.54, 1.807) is 0 Å². The van der Waals surface area contributed by atoms with Crippen molar-refractivity contribution < 1.29 is 4.79 Å². The van der Waals surface area contributed by atoms with Crippen molar-refractivity contribution in [2.45, 2.75) is 39.2 Å². The number of nitrogens with zero attached hydrogens (tertiary/aromatic N) is 1. The summed E-state index contributed by atoms with van der Waals surface area (Å²) in [7, 11) is 1.98. The van der Waals surface area contributed by atoms with Crippen molar-refractivity contribution in [3.8, 4) is 0 Å². The van der Waals surface area contributed by atoms with E-state index in [0.717, 1.165) is 31.5 Å². The lowest BCUT2D eigenvalue weighted by molar-refractivity contribution is -0.122. The number of hydrogen-bond acceptors (Lipinski definition) is 2. The van der Waals surface area contributed by atoms with E-state index < -0.39 is 0 Å². The second kappa shape index (κ2) is 6.20. The van der Waals surface area contributed by atoms with Gasteiger partial charge in [-0.2, -0.15) is 0 Å². The molecule has 0 bridgehead atoms. The van der Waals surface area contributed by atoms with Gasteiger partial charge in [-0.3, -0.25) is 4.79 Å².